The van der Waals surface area contributed by atoms with E-state index >= 15 is 0 Å². The van der Waals surface area contributed by atoms with E-state index in [1.165, 1.54) is 6.07 Å². The molecule has 0 saturated heterocycles. The van der Waals surface area contributed by atoms with Gasteiger partial charge in [-0.1, -0.05) is 41.9 Å². The molecule has 5 heteroatoms. The minimum absolute atomic E-state index is 0.0659. The average molecular weight is 334 g/mol. The highest BCUT2D eigenvalue weighted by molar-refractivity contribution is 6.30. The van der Waals surface area contributed by atoms with Crippen molar-refractivity contribution in [1.82, 2.24) is 5.32 Å². The van der Waals surface area contributed by atoms with Crippen molar-refractivity contribution in [3.8, 4) is 0 Å². The Hall–Kier alpha value is -1.91. The van der Waals surface area contributed by atoms with Crippen LogP contribution in [0.2, 0.25) is 5.02 Å². The van der Waals surface area contributed by atoms with Gasteiger partial charge in [-0.15, -0.1) is 0 Å². The van der Waals surface area contributed by atoms with Crippen molar-refractivity contribution >= 4 is 17.5 Å². The Balaban J connectivity index is 1.53. The van der Waals surface area contributed by atoms with Gasteiger partial charge in [-0.2, -0.15) is 0 Å². The molecule has 3 unspecified atom stereocenters. The maximum absolute atomic E-state index is 13.7. The topological polar surface area (TPSA) is 49.3 Å². The van der Waals surface area contributed by atoms with Gasteiger partial charge in [0.05, 0.1) is 6.10 Å². The summed E-state index contributed by atoms with van der Waals surface area (Å²) in [5, 5.41) is 13.4. The van der Waals surface area contributed by atoms with E-state index in [2.05, 4.69) is 5.32 Å². The lowest BCUT2D eigenvalue weighted by atomic mass is 10.1. The van der Waals surface area contributed by atoms with E-state index in [-0.39, 0.29) is 30.1 Å². The minimum Gasteiger partial charge on any atom is -0.387 e. The third-order valence-corrected chi connectivity index (χ3v) is 4.41. The molecule has 2 aromatic carbocycles. The third kappa shape index (κ3) is 3.71. The molecule has 120 valence electrons. The molecule has 2 N–H and O–H groups in total. The van der Waals surface area contributed by atoms with Gasteiger partial charge in [-0.3, -0.25) is 4.79 Å². The Morgan fingerprint density at radius 2 is 1.96 bits per heavy atom. The van der Waals surface area contributed by atoms with Gasteiger partial charge in [0, 0.05) is 17.5 Å². The quantitative estimate of drug-likeness (QED) is 0.880. The Kier molecular flexibility index (Phi) is 4.64. The van der Waals surface area contributed by atoms with Crippen LogP contribution in [0.4, 0.5) is 4.39 Å². The highest BCUT2D eigenvalue weighted by atomic mass is 35.5. The summed E-state index contributed by atoms with van der Waals surface area (Å²) in [5.41, 5.74) is 1.28. The molecule has 2 aromatic rings. The molecule has 3 atom stereocenters. The summed E-state index contributed by atoms with van der Waals surface area (Å²) in [6.45, 7) is 0.126. The van der Waals surface area contributed by atoms with Crippen LogP contribution in [0, 0.1) is 11.7 Å². The zero-order valence-electron chi connectivity index (χ0n) is 12.4. The van der Waals surface area contributed by atoms with Crippen molar-refractivity contribution in [3.05, 3.63) is 70.5 Å². The van der Waals surface area contributed by atoms with Crippen molar-refractivity contribution < 1.29 is 14.3 Å². The zero-order valence-corrected chi connectivity index (χ0v) is 13.1. The molecule has 0 spiro atoms. The lowest BCUT2D eigenvalue weighted by Gasteiger charge is -2.12. The summed E-state index contributed by atoms with van der Waals surface area (Å²) in [6.07, 6.45) is -0.147. The van der Waals surface area contributed by atoms with E-state index in [1.54, 1.807) is 42.5 Å². The highest BCUT2D eigenvalue weighted by Crippen LogP contribution is 2.48. The van der Waals surface area contributed by atoms with Gasteiger partial charge in [0.15, 0.2) is 0 Å². The standard InChI is InChI=1S/C18H17ClFNO2/c19-12-7-5-11(6-8-12)17(22)10-21-18(23)15-9-14(15)13-3-1-2-4-16(13)20/h1-8,14-15,17,22H,9-10H2,(H,21,23). The van der Waals surface area contributed by atoms with Crippen LogP contribution in [0.25, 0.3) is 0 Å². The van der Waals surface area contributed by atoms with Crippen LogP contribution in [0.5, 0.6) is 0 Å². The monoisotopic (exact) mass is 333 g/mol. The SMILES string of the molecule is O=C(NCC(O)c1ccc(Cl)cc1)C1CC1c1ccccc1F. The van der Waals surface area contributed by atoms with Crippen LogP contribution in [0.1, 0.15) is 29.6 Å². The largest absolute Gasteiger partial charge is 0.387 e. The van der Waals surface area contributed by atoms with Crippen molar-refractivity contribution in [2.75, 3.05) is 6.54 Å². The number of aliphatic hydroxyl groups excluding tert-OH is 1. The molecule has 0 bridgehead atoms. The van der Waals surface area contributed by atoms with Gasteiger partial charge >= 0.3 is 0 Å². The molecule has 0 aromatic heterocycles. The van der Waals surface area contributed by atoms with Crippen molar-refractivity contribution in [3.63, 3.8) is 0 Å². The van der Waals surface area contributed by atoms with E-state index in [0.29, 0.717) is 22.6 Å². The van der Waals surface area contributed by atoms with Gasteiger partial charge in [0.1, 0.15) is 5.82 Å². The van der Waals surface area contributed by atoms with E-state index in [4.69, 9.17) is 11.6 Å². The van der Waals surface area contributed by atoms with Gasteiger partial charge < -0.3 is 10.4 Å². The van der Waals surface area contributed by atoms with Crippen LogP contribution in [0.3, 0.4) is 0 Å². The number of amides is 1. The van der Waals surface area contributed by atoms with Crippen LogP contribution in [-0.2, 0) is 4.79 Å². The minimum atomic E-state index is -0.790. The fraction of sp³-hybridized carbons (Fsp3) is 0.278. The molecule has 0 radical (unpaired) electrons. The van der Waals surface area contributed by atoms with E-state index in [1.807, 2.05) is 0 Å². The first-order chi connectivity index (χ1) is 11.1. The lowest BCUT2D eigenvalue weighted by Crippen LogP contribution is -2.30. The normalized spacial score (nSPS) is 20.8. The third-order valence-electron chi connectivity index (χ3n) is 4.16. The zero-order chi connectivity index (χ0) is 16.4. The molecule has 1 saturated carbocycles. The van der Waals surface area contributed by atoms with Crippen LogP contribution < -0.4 is 5.32 Å². The fourth-order valence-electron chi connectivity index (χ4n) is 2.74. The number of benzene rings is 2. The Morgan fingerprint density at radius 3 is 2.65 bits per heavy atom. The second kappa shape index (κ2) is 6.69. The van der Waals surface area contributed by atoms with Gasteiger partial charge in [0.2, 0.25) is 5.91 Å². The molecule has 3 rings (SSSR count). The number of rotatable bonds is 5. The molecule has 1 aliphatic rings. The van der Waals surface area contributed by atoms with E-state index in [9.17, 15) is 14.3 Å². The number of carbonyl (C=O) groups is 1. The number of carbonyl (C=O) groups excluding carboxylic acids is 1. The van der Waals surface area contributed by atoms with Crippen LogP contribution in [0.15, 0.2) is 48.5 Å². The first-order valence-corrected chi connectivity index (χ1v) is 7.89. The van der Waals surface area contributed by atoms with E-state index < -0.39 is 6.10 Å². The number of aliphatic hydroxyl groups is 1. The second-order valence-electron chi connectivity index (χ2n) is 5.78. The van der Waals surface area contributed by atoms with Crippen molar-refractivity contribution in [2.24, 2.45) is 5.92 Å². The maximum atomic E-state index is 13.7. The van der Waals surface area contributed by atoms with Gasteiger partial charge in [-0.05, 0) is 41.7 Å². The molecular formula is C18H17ClFNO2. The van der Waals surface area contributed by atoms with Gasteiger partial charge in [0.25, 0.3) is 0 Å². The summed E-state index contributed by atoms with van der Waals surface area (Å²) in [5.74, 6) is -0.701. The Labute approximate surface area is 139 Å². The molecule has 0 heterocycles. The fourth-order valence-corrected chi connectivity index (χ4v) is 2.86. The van der Waals surface area contributed by atoms with Crippen LogP contribution >= 0.6 is 11.6 Å². The molecule has 1 amide bonds. The Bertz CT molecular complexity index is 704. The number of hydrogen-bond acceptors (Lipinski definition) is 2. The predicted octanol–water partition coefficient (Wildman–Crippen LogP) is 3.43. The molecule has 23 heavy (non-hydrogen) atoms. The summed E-state index contributed by atoms with van der Waals surface area (Å²) < 4.78 is 13.7. The average Bonchev–Trinajstić information content (AvgIpc) is 3.34. The molecule has 1 fully saturated rings. The van der Waals surface area contributed by atoms with E-state index in [0.717, 1.165) is 0 Å². The smallest absolute Gasteiger partial charge is 0.223 e. The molecule has 0 aliphatic heterocycles. The first kappa shape index (κ1) is 16.0. The summed E-state index contributed by atoms with van der Waals surface area (Å²) in [7, 11) is 0. The number of nitrogens with one attached hydrogen (secondary N) is 1. The summed E-state index contributed by atoms with van der Waals surface area (Å²) in [4.78, 5) is 12.1. The predicted molar refractivity (Wildman–Crippen MR) is 86.7 cm³/mol. The summed E-state index contributed by atoms with van der Waals surface area (Å²) >= 11 is 5.80. The first-order valence-electron chi connectivity index (χ1n) is 7.52. The van der Waals surface area contributed by atoms with Crippen LogP contribution in [-0.4, -0.2) is 17.6 Å². The van der Waals surface area contributed by atoms with Gasteiger partial charge in [-0.25, -0.2) is 4.39 Å². The number of halogens is 2. The summed E-state index contributed by atoms with van der Waals surface area (Å²) in [6, 6.07) is 13.4. The molecule has 3 nitrogen and oxygen atoms in total. The molecular weight excluding hydrogens is 317 g/mol. The highest BCUT2D eigenvalue weighted by Gasteiger charge is 2.45. The maximum Gasteiger partial charge on any atom is 0.223 e. The second-order valence-corrected chi connectivity index (χ2v) is 6.22. The number of hydrogen-bond donors (Lipinski definition) is 2. The van der Waals surface area contributed by atoms with Crippen molar-refractivity contribution in [2.45, 2.75) is 18.4 Å². The van der Waals surface area contributed by atoms with Crippen molar-refractivity contribution in [1.29, 1.82) is 0 Å². The Morgan fingerprint density at radius 1 is 1.26 bits per heavy atom. The molecule has 1 aliphatic carbocycles. The lowest BCUT2D eigenvalue weighted by molar-refractivity contribution is -0.122.